The summed E-state index contributed by atoms with van der Waals surface area (Å²) in [6, 6.07) is 0. The van der Waals surface area contributed by atoms with E-state index in [2.05, 4.69) is 50.3 Å². The Hall–Kier alpha value is -0.960. The van der Waals surface area contributed by atoms with Crippen molar-refractivity contribution in [2.24, 2.45) is 11.1 Å². The third kappa shape index (κ3) is 6.43. The molecule has 124 valence electrons. The van der Waals surface area contributed by atoms with E-state index in [-0.39, 0.29) is 0 Å². The summed E-state index contributed by atoms with van der Waals surface area (Å²) in [5.41, 5.74) is 3.47. The molecule has 3 heteroatoms. The predicted molar refractivity (Wildman–Crippen MR) is 101 cm³/mol. The second kappa shape index (κ2) is 10.7. The molecule has 1 aliphatic carbocycles. The lowest BCUT2D eigenvalue weighted by Gasteiger charge is -2.26. The fourth-order valence-corrected chi connectivity index (χ4v) is 3.83. The summed E-state index contributed by atoms with van der Waals surface area (Å²) in [5, 5.41) is 5.04. The largest absolute Gasteiger partial charge is 0.391 e. The minimum absolute atomic E-state index is 0.536. The monoisotopic (exact) mass is 321 g/mol. The third-order valence-electron chi connectivity index (χ3n) is 3.91. The summed E-state index contributed by atoms with van der Waals surface area (Å²) in [4.78, 5) is 5.37. The number of oxime groups is 1. The zero-order valence-electron chi connectivity index (χ0n) is 14.6. The third-order valence-corrected chi connectivity index (χ3v) is 5.01. The molecule has 0 amide bonds. The van der Waals surface area contributed by atoms with Crippen molar-refractivity contribution in [3.8, 4) is 0 Å². The standard InChI is InChI=1S/C19H31NOS/c1-6-9-12-21-20-19(7-2)18-11-10-17(13-15(18)4)14-16(5)22-8-3/h6,9,11,16-17H,4,7-8,10,12-14H2,1-3,5H3/b9-6+,20-19+. The quantitative estimate of drug-likeness (QED) is 0.233. The molecule has 0 bridgehead atoms. The maximum absolute atomic E-state index is 5.37. The van der Waals surface area contributed by atoms with Crippen molar-refractivity contribution in [3.63, 3.8) is 0 Å². The molecule has 0 aliphatic heterocycles. The Morgan fingerprint density at radius 2 is 2.32 bits per heavy atom. The number of allylic oxidation sites excluding steroid dienone is 4. The van der Waals surface area contributed by atoms with Gasteiger partial charge in [0.05, 0.1) is 5.71 Å². The Morgan fingerprint density at radius 1 is 1.55 bits per heavy atom. The van der Waals surface area contributed by atoms with Gasteiger partial charge in [0.25, 0.3) is 0 Å². The second-order valence-corrected chi connectivity index (χ2v) is 7.50. The number of hydrogen-bond acceptors (Lipinski definition) is 3. The van der Waals surface area contributed by atoms with E-state index in [0.717, 1.165) is 36.1 Å². The summed E-state index contributed by atoms with van der Waals surface area (Å²) in [5.74, 6) is 1.93. The van der Waals surface area contributed by atoms with Crippen LogP contribution in [0.3, 0.4) is 0 Å². The average molecular weight is 322 g/mol. The van der Waals surface area contributed by atoms with Crippen LogP contribution < -0.4 is 0 Å². The topological polar surface area (TPSA) is 21.6 Å². The van der Waals surface area contributed by atoms with Crippen molar-refractivity contribution in [2.45, 2.75) is 58.6 Å². The number of hydrogen-bond donors (Lipinski definition) is 0. The van der Waals surface area contributed by atoms with Gasteiger partial charge < -0.3 is 4.84 Å². The first kappa shape index (κ1) is 19.1. The Balaban J connectivity index is 2.63. The molecule has 0 aromatic heterocycles. The van der Waals surface area contributed by atoms with Crippen LogP contribution in [0.1, 0.15) is 53.4 Å². The second-order valence-electron chi connectivity index (χ2n) is 5.79. The molecule has 0 aromatic rings. The highest BCUT2D eigenvalue weighted by Gasteiger charge is 2.22. The highest BCUT2D eigenvalue weighted by Crippen LogP contribution is 2.33. The lowest BCUT2D eigenvalue weighted by molar-refractivity contribution is 0.174. The predicted octanol–water partition coefficient (Wildman–Crippen LogP) is 5.77. The van der Waals surface area contributed by atoms with Gasteiger partial charge in [-0.25, -0.2) is 0 Å². The van der Waals surface area contributed by atoms with Gasteiger partial charge in [0.1, 0.15) is 6.61 Å². The highest BCUT2D eigenvalue weighted by atomic mass is 32.2. The number of rotatable bonds is 9. The lowest BCUT2D eigenvalue weighted by atomic mass is 9.82. The van der Waals surface area contributed by atoms with E-state index in [4.69, 9.17) is 4.84 Å². The molecule has 2 nitrogen and oxygen atoms in total. The summed E-state index contributed by atoms with van der Waals surface area (Å²) in [7, 11) is 0. The minimum atomic E-state index is 0.536. The molecule has 0 N–H and O–H groups in total. The van der Waals surface area contributed by atoms with Crippen LogP contribution in [0.4, 0.5) is 0 Å². The van der Waals surface area contributed by atoms with Crippen LogP contribution in [-0.2, 0) is 4.84 Å². The van der Waals surface area contributed by atoms with E-state index >= 15 is 0 Å². The van der Waals surface area contributed by atoms with Crippen LogP contribution in [0.2, 0.25) is 0 Å². The van der Waals surface area contributed by atoms with Gasteiger partial charge in [0.2, 0.25) is 0 Å². The van der Waals surface area contributed by atoms with Gasteiger partial charge in [-0.05, 0) is 61.5 Å². The van der Waals surface area contributed by atoms with Gasteiger partial charge in [0.15, 0.2) is 0 Å². The Kier molecular flexibility index (Phi) is 9.30. The summed E-state index contributed by atoms with van der Waals surface area (Å²) in [6.45, 7) is 13.5. The fraction of sp³-hybridized carbons (Fsp3) is 0.632. The molecule has 0 aromatic carbocycles. The molecule has 0 radical (unpaired) electrons. The van der Waals surface area contributed by atoms with E-state index < -0.39 is 0 Å². The van der Waals surface area contributed by atoms with Crippen LogP contribution in [0.25, 0.3) is 0 Å². The maximum atomic E-state index is 5.37. The average Bonchev–Trinajstić information content (AvgIpc) is 2.49. The van der Waals surface area contributed by atoms with Crippen LogP contribution in [0.15, 0.2) is 41.1 Å². The minimum Gasteiger partial charge on any atom is -0.391 e. The normalized spacial score (nSPS) is 21.1. The molecule has 22 heavy (non-hydrogen) atoms. The highest BCUT2D eigenvalue weighted by molar-refractivity contribution is 7.99. The molecule has 0 fully saturated rings. The molecular weight excluding hydrogens is 290 g/mol. The van der Waals surface area contributed by atoms with E-state index in [1.54, 1.807) is 0 Å². The van der Waals surface area contributed by atoms with Crippen molar-refractivity contribution < 1.29 is 4.84 Å². The molecule has 0 saturated carbocycles. The fourth-order valence-electron chi connectivity index (χ4n) is 2.85. The van der Waals surface area contributed by atoms with Crippen molar-refractivity contribution in [2.75, 3.05) is 12.4 Å². The first-order chi connectivity index (χ1) is 10.6. The first-order valence-corrected chi connectivity index (χ1v) is 9.47. The maximum Gasteiger partial charge on any atom is 0.135 e. The molecule has 2 unspecified atom stereocenters. The van der Waals surface area contributed by atoms with Gasteiger partial charge in [-0.1, -0.05) is 44.7 Å². The molecule has 0 spiro atoms. The molecule has 0 saturated heterocycles. The van der Waals surface area contributed by atoms with Crippen LogP contribution in [0, 0.1) is 5.92 Å². The van der Waals surface area contributed by atoms with Gasteiger partial charge >= 0.3 is 0 Å². The van der Waals surface area contributed by atoms with Gasteiger partial charge in [0, 0.05) is 5.25 Å². The summed E-state index contributed by atoms with van der Waals surface area (Å²) >= 11 is 2.05. The SMILES string of the molecule is C=C1CC(CC(C)SCC)CC=C1/C(CC)=N/OC/C=C/C. The van der Waals surface area contributed by atoms with Crippen LogP contribution in [-0.4, -0.2) is 23.3 Å². The van der Waals surface area contributed by atoms with E-state index in [1.807, 2.05) is 19.1 Å². The van der Waals surface area contributed by atoms with Gasteiger partial charge in [-0.15, -0.1) is 0 Å². The molecule has 1 rings (SSSR count). The Labute approximate surface area is 140 Å². The van der Waals surface area contributed by atoms with Gasteiger partial charge in [-0.3, -0.25) is 0 Å². The van der Waals surface area contributed by atoms with E-state index in [1.165, 1.54) is 23.3 Å². The van der Waals surface area contributed by atoms with E-state index in [0.29, 0.717) is 6.61 Å². The van der Waals surface area contributed by atoms with Crippen LogP contribution >= 0.6 is 11.8 Å². The molecule has 1 aliphatic rings. The van der Waals surface area contributed by atoms with Crippen molar-refractivity contribution in [1.29, 1.82) is 0 Å². The zero-order chi connectivity index (χ0) is 16.4. The first-order valence-electron chi connectivity index (χ1n) is 8.42. The Bertz CT molecular complexity index is 437. The molecule has 2 atom stereocenters. The number of thioether (sulfide) groups is 1. The van der Waals surface area contributed by atoms with Crippen molar-refractivity contribution in [3.05, 3.63) is 36.0 Å². The summed E-state index contributed by atoms with van der Waals surface area (Å²) < 4.78 is 0. The van der Waals surface area contributed by atoms with Gasteiger partial charge in [-0.2, -0.15) is 11.8 Å². The van der Waals surface area contributed by atoms with E-state index in [9.17, 15) is 0 Å². The van der Waals surface area contributed by atoms with Crippen molar-refractivity contribution >= 4 is 17.5 Å². The smallest absolute Gasteiger partial charge is 0.135 e. The van der Waals surface area contributed by atoms with Crippen LogP contribution in [0.5, 0.6) is 0 Å². The summed E-state index contributed by atoms with van der Waals surface area (Å²) in [6.07, 6.45) is 10.6. The molecule has 0 heterocycles. The Morgan fingerprint density at radius 3 is 2.91 bits per heavy atom. The lowest BCUT2D eigenvalue weighted by Crippen LogP contribution is -2.16. The zero-order valence-corrected chi connectivity index (χ0v) is 15.4. The molecular formula is C19H31NOS. The number of nitrogens with zero attached hydrogens (tertiary/aromatic N) is 1. The van der Waals surface area contributed by atoms with Crippen molar-refractivity contribution in [1.82, 2.24) is 0 Å².